The van der Waals surface area contributed by atoms with Crippen LogP contribution in [0.2, 0.25) is 5.02 Å². The Morgan fingerprint density at radius 1 is 1.48 bits per heavy atom. The summed E-state index contributed by atoms with van der Waals surface area (Å²) < 4.78 is 10.5. The highest BCUT2D eigenvalue weighted by Gasteiger charge is 2.21. The van der Waals surface area contributed by atoms with Crippen LogP contribution < -0.4 is 14.8 Å². The normalized spacial score (nSPS) is 14.0. The van der Waals surface area contributed by atoms with Crippen LogP contribution in [-0.4, -0.2) is 18.7 Å². The number of benzene rings is 1. The first-order valence-corrected chi connectivity index (χ1v) is 7.86. The van der Waals surface area contributed by atoms with Gasteiger partial charge in [-0.05, 0) is 47.9 Å². The SMILES string of the molecule is C[C@H](Cc1ccsc1)NC(=O)c1cc(Cl)c2c(c1)OCO2. The largest absolute Gasteiger partial charge is 0.454 e. The van der Waals surface area contributed by atoms with Crippen LogP contribution in [0.25, 0.3) is 0 Å². The maximum absolute atomic E-state index is 12.3. The third-order valence-electron chi connectivity index (χ3n) is 3.19. The van der Waals surface area contributed by atoms with Crippen LogP contribution in [0.5, 0.6) is 11.5 Å². The maximum atomic E-state index is 12.3. The van der Waals surface area contributed by atoms with E-state index >= 15 is 0 Å². The monoisotopic (exact) mass is 323 g/mol. The summed E-state index contributed by atoms with van der Waals surface area (Å²) in [7, 11) is 0. The second kappa shape index (κ2) is 5.95. The maximum Gasteiger partial charge on any atom is 0.251 e. The fraction of sp³-hybridized carbons (Fsp3) is 0.267. The summed E-state index contributed by atoms with van der Waals surface area (Å²) in [5.74, 6) is 0.843. The van der Waals surface area contributed by atoms with E-state index in [1.807, 2.05) is 12.3 Å². The number of carbonyl (C=O) groups excluding carboxylic acids is 1. The van der Waals surface area contributed by atoms with Gasteiger partial charge in [-0.25, -0.2) is 0 Å². The summed E-state index contributed by atoms with van der Waals surface area (Å²) in [6.45, 7) is 2.11. The molecule has 0 radical (unpaired) electrons. The lowest BCUT2D eigenvalue weighted by atomic mass is 10.1. The zero-order valence-electron chi connectivity index (χ0n) is 11.4. The molecule has 1 aliphatic rings. The highest BCUT2D eigenvalue weighted by molar-refractivity contribution is 7.07. The predicted molar refractivity (Wildman–Crippen MR) is 82.5 cm³/mol. The average Bonchev–Trinajstić information content (AvgIpc) is 3.09. The van der Waals surface area contributed by atoms with E-state index < -0.39 is 0 Å². The Balaban J connectivity index is 1.69. The minimum absolute atomic E-state index is 0.0382. The van der Waals surface area contributed by atoms with Gasteiger partial charge in [-0.2, -0.15) is 11.3 Å². The van der Waals surface area contributed by atoms with Crippen LogP contribution in [0.3, 0.4) is 0 Å². The van der Waals surface area contributed by atoms with E-state index in [4.69, 9.17) is 21.1 Å². The molecule has 1 aromatic carbocycles. The van der Waals surface area contributed by atoms with Crippen molar-refractivity contribution in [3.05, 3.63) is 45.1 Å². The number of fused-ring (bicyclic) bond motifs is 1. The van der Waals surface area contributed by atoms with Crippen molar-refractivity contribution in [3.63, 3.8) is 0 Å². The highest BCUT2D eigenvalue weighted by atomic mass is 35.5. The van der Waals surface area contributed by atoms with Gasteiger partial charge < -0.3 is 14.8 Å². The molecule has 110 valence electrons. The first kappa shape index (κ1) is 14.2. The predicted octanol–water partition coefficient (Wildman–Crippen LogP) is 3.49. The van der Waals surface area contributed by atoms with Gasteiger partial charge in [-0.3, -0.25) is 4.79 Å². The van der Waals surface area contributed by atoms with E-state index in [0.717, 1.165) is 6.42 Å². The molecule has 6 heteroatoms. The van der Waals surface area contributed by atoms with Gasteiger partial charge in [0.25, 0.3) is 5.91 Å². The number of halogens is 1. The van der Waals surface area contributed by atoms with Crippen molar-refractivity contribution in [3.8, 4) is 11.5 Å². The van der Waals surface area contributed by atoms with Gasteiger partial charge in [0.1, 0.15) is 0 Å². The van der Waals surface area contributed by atoms with Crippen LogP contribution in [0.4, 0.5) is 0 Å². The van der Waals surface area contributed by atoms with Gasteiger partial charge in [0.05, 0.1) is 5.02 Å². The Morgan fingerprint density at radius 3 is 3.10 bits per heavy atom. The summed E-state index contributed by atoms with van der Waals surface area (Å²) in [6, 6.07) is 5.35. The summed E-state index contributed by atoms with van der Waals surface area (Å²) in [5, 5.41) is 7.47. The molecule has 1 aliphatic heterocycles. The molecule has 0 fully saturated rings. The topological polar surface area (TPSA) is 47.6 Å². The van der Waals surface area contributed by atoms with Crippen molar-refractivity contribution in [1.82, 2.24) is 5.32 Å². The third kappa shape index (κ3) is 3.14. The number of hydrogen-bond donors (Lipinski definition) is 1. The molecule has 2 heterocycles. The van der Waals surface area contributed by atoms with Crippen molar-refractivity contribution >= 4 is 28.8 Å². The molecule has 0 aliphatic carbocycles. The molecule has 4 nitrogen and oxygen atoms in total. The van der Waals surface area contributed by atoms with Crippen molar-refractivity contribution in [2.75, 3.05) is 6.79 Å². The smallest absolute Gasteiger partial charge is 0.251 e. The second-order valence-corrected chi connectivity index (χ2v) is 6.09. The van der Waals surface area contributed by atoms with Crippen LogP contribution in [-0.2, 0) is 6.42 Å². The summed E-state index contributed by atoms with van der Waals surface area (Å²) in [6.07, 6.45) is 0.799. The number of nitrogens with one attached hydrogen (secondary N) is 1. The summed E-state index contributed by atoms with van der Waals surface area (Å²) in [4.78, 5) is 12.3. The molecule has 0 unspecified atom stereocenters. The Hall–Kier alpha value is -1.72. The van der Waals surface area contributed by atoms with Crippen LogP contribution >= 0.6 is 22.9 Å². The summed E-state index contributed by atoms with van der Waals surface area (Å²) >= 11 is 7.74. The van der Waals surface area contributed by atoms with Crippen molar-refractivity contribution in [1.29, 1.82) is 0 Å². The number of rotatable bonds is 4. The van der Waals surface area contributed by atoms with Gasteiger partial charge in [-0.1, -0.05) is 11.6 Å². The Bertz CT molecular complexity index is 657. The van der Waals surface area contributed by atoms with Crippen molar-refractivity contribution < 1.29 is 14.3 Å². The molecule has 3 rings (SSSR count). The molecule has 2 aromatic rings. The van der Waals surface area contributed by atoms with Crippen molar-refractivity contribution in [2.24, 2.45) is 0 Å². The standard InChI is InChI=1S/C15H14ClNO3S/c1-9(4-10-2-3-21-7-10)17-15(18)11-5-12(16)14-13(6-11)19-8-20-14/h2-3,5-7,9H,4,8H2,1H3,(H,17,18)/t9-/m1/s1. The van der Waals surface area contributed by atoms with E-state index in [1.165, 1.54) is 5.56 Å². The Kier molecular flexibility index (Phi) is 4.03. The molecule has 1 atom stereocenters. The average molecular weight is 324 g/mol. The van der Waals surface area contributed by atoms with Gasteiger partial charge in [-0.15, -0.1) is 0 Å². The molecular formula is C15H14ClNO3S. The van der Waals surface area contributed by atoms with Crippen molar-refractivity contribution in [2.45, 2.75) is 19.4 Å². The fourth-order valence-electron chi connectivity index (χ4n) is 2.22. The number of ether oxygens (including phenoxy) is 2. The summed E-state index contributed by atoms with van der Waals surface area (Å²) in [5.41, 5.74) is 1.69. The van der Waals surface area contributed by atoms with Gasteiger partial charge >= 0.3 is 0 Å². The fourth-order valence-corrected chi connectivity index (χ4v) is 3.17. The molecule has 0 saturated heterocycles. The van der Waals surface area contributed by atoms with Crippen LogP contribution in [0, 0.1) is 0 Å². The molecule has 1 amide bonds. The number of amides is 1. The molecule has 1 aromatic heterocycles. The minimum Gasteiger partial charge on any atom is -0.454 e. The zero-order valence-corrected chi connectivity index (χ0v) is 13.0. The van der Waals surface area contributed by atoms with E-state index in [-0.39, 0.29) is 18.7 Å². The van der Waals surface area contributed by atoms with Gasteiger partial charge in [0.15, 0.2) is 11.5 Å². The molecule has 1 N–H and O–H groups in total. The van der Waals surface area contributed by atoms with E-state index in [1.54, 1.807) is 23.5 Å². The molecule has 0 saturated carbocycles. The molecule has 0 bridgehead atoms. The zero-order chi connectivity index (χ0) is 14.8. The van der Waals surface area contributed by atoms with Crippen LogP contribution in [0.15, 0.2) is 29.0 Å². The number of carbonyl (C=O) groups is 1. The lowest BCUT2D eigenvalue weighted by molar-refractivity contribution is 0.0939. The lowest BCUT2D eigenvalue weighted by Gasteiger charge is -2.13. The second-order valence-electron chi connectivity index (χ2n) is 4.90. The highest BCUT2D eigenvalue weighted by Crippen LogP contribution is 2.39. The van der Waals surface area contributed by atoms with E-state index in [9.17, 15) is 4.79 Å². The molecule has 0 spiro atoms. The minimum atomic E-state index is -0.169. The van der Waals surface area contributed by atoms with Crippen LogP contribution in [0.1, 0.15) is 22.8 Å². The van der Waals surface area contributed by atoms with E-state index in [0.29, 0.717) is 22.1 Å². The Labute approximate surface area is 131 Å². The first-order chi connectivity index (χ1) is 10.1. The number of thiophene rings is 1. The Morgan fingerprint density at radius 2 is 2.33 bits per heavy atom. The molecular weight excluding hydrogens is 310 g/mol. The molecule has 21 heavy (non-hydrogen) atoms. The number of hydrogen-bond acceptors (Lipinski definition) is 4. The quantitative estimate of drug-likeness (QED) is 0.937. The van der Waals surface area contributed by atoms with Gasteiger partial charge in [0.2, 0.25) is 6.79 Å². The third-order valence-corrected chi connectivity index (χ3v) is 4.20. The first-order valence-electron chi connectivity index (χ1n) is 6.54. The van der Waals surface area contributed by atoms with Gasteiger partial charge in [0, 0.05) is 11.6 Å². The lowest BCUT2D eigenvalue weighted by Crippen LogP contribution is -2.33. The van der Waals surface area contributed by atoms with E-state index in [2.05, 4.69) is 16.8 Å².